The van der Waals surface area contributed by atoms with Gasteiger partial charge in [0.05, 0.1) is 13.2 Å². The molecule has 0 saturated heterocycles. The molecule has 0 saturated carbocycles. The second-order valence-electron chi connectivity index (χ2n) is 6.94. The number of rotatable bonds is 12. The Balaban J connectivity index is 0.00000420. The van der Waals surface area contributed by atoms with Crippen molar-refractivity contribution in [3.63, 3.8) is 0 Å². The molecule has 0 unspecified atom stereocenters. The molecule has 2 rings (SSSR count). The van der Waals surface area contributed by atoms with Crippen LogP contribution < -0.4 is 33.3 Å². The van der Waals surface area contributed by atoms with Crippen molar-refractivity contribution >= 4 is 11.8 Å². The highest BCUT2D eigenvalue weighted by molar-refractivity contribution is 5.94. The molecular weight excluding hydrogens is 481 g/mol. The highest BCUT2D eigenvalue weighted by Crippen LogP contribution is 2.14. The van der Waals surface area contributed by atoms with Crippen molar-refractivity contribution in [2.75, 3.05) is 13.2 Å². The largest absolute Gasteiger partial charge is 1.00 e. The van der Waals surface area contributed by atoms with E-state index in [1.165, 1.54) is 0 Å². The number of carbonyl (C=O) groups excluding carboxylic acids is 2. The molecule has 0 N–H and O–H groups in total. The van der Waals surface area contributed by atoms with Crippen molar-refractivity contribution in [3.05, 3.63) is 59.9 Å². The summed E-state index contributed by atoms with van der Waals surface area (Å²) < 4.78 is 12.8. The number of Topliss-reactive ketones (excluding diaryl/α,β-unsaturated/α-hetero) is 1. The predicted molar refractivity (Wildman–Crippen MR) is 108 cm³/mol. The number of benzene rings is 1. The fourth-order valence-electron chi connectivity index (χ4n) is 2.84. The van der Waals surface area contributed by atoms with Crippen LogP contribution in [0.3, 0.4) is 0 Å². The third-order valence-corrected chi connectivity index (χ3v) is 4.48. The number of pyridine rings is 1. The molecule has 1 heterocycles. The van der Waals surface area contributed by atoms with Crippen LogP contribution in [0, 0.1) is 0 Å². The van der Waals surface area contributed by atoms with E-state index < -0.39 is 0 Å². The van der Waals surface area contributed by atoms with E-state index in [4.69, 9.17) is 9.47 Å². The molecule has 29 heavy (non-hydrogen) atoms. The van der Waals surface area contributed by atoms with Crippen LogP contribution in [0.1, 0.15) is 66.2 Å². The summed E-state index contributed by atoms with van der Waals surface area (Å²) in [5, 5.41) is 0. The number of esters is 1. The standard InChI is InChI=1S/C23H30NO4.HI/c1-19(25)20-11-13-22(14-12-20)27-16-7-5-3-4-6-8-17-28-23(26)21-10-9-15-24(2)18-21;/h9-15,18H,3-8,16-17H2,1-2H3;1H/q+1;/p-1. The van der Waals surface area contributed by atoms with Crippen LogP contribution in [-0.2, 0) is 11.8 Å². The molecule has 0 aliphatic rings. The van der Waals surface area contributed by atoms with Crippen LogP contribution >= 0.6 is 0 Å². The topological polar surface area (TPSA) is 56.5 Å². The summed E-state index contributed by atoms with van der Waals surface area (Å²) >= 11 is 0. The minimum Gasteiger partial charge on any atom is -1.00 e. The summed E-state index contributed by atoms with van der Waals surface area (Å²) in [6, 6.07) is 10.9. The Labute approximate surface area is 190 Å². The van der Waals surface area contributed by atoms with Gasteiger partial charge in [0, 0.05) is 11.6 Å². The number of aryl methyl sites for hydroxylation is 1. The molecule has 158 valence electrons. The van der Waals surface area contributed by atoms with Gasteiger partial charge in [0.2, 0.25) is 0 Å². The van der Waals surface area contributed by atoms with Gasteiger partial charge in [-0.1, -0.05) is 25.7 Å². The monoisotopic (exact) mass is 511 g/mol. The van der Waals surface area contributed by atoms with Crippen molar-refractivity contribution in [1.29, 1.82) is 0 Å². The van der Waals surface area contributed by atoms with Gasteiger partial charge in [0.1, 0.15) is 18.4 Å². The first-order valence-corrected chi connectivity index (χ1v) is 9.92. The van der Waals surface area contributed by atoms with Gasteiger partial charge in [-0.2, -0.15) is 0 Å². The fourth-order valence-corrected chi connectivity index (χ4v) is 2.84. The molecule has 0 fully saturated rings. The number of hydrogen-bond donors (Lipinski definition) is 0. The van der Waals surface area contributed by atoms with Crippen LogP contribution in [0.4, 0.5) is 0 Å². The summed E-state index contributed by atoms with van der Waals surface area (Å²) in [6.45, 7) is 2.71. The summed E-state index contributed by atoms with van der Waals surface area (Å²) in [5.74, 6) is 0.610. The molecule has 0 atom stereocenters. The number of ketones is 1. The number of halogens is 1. The lowest BCUT2D eigenvalue weighted by Crippen LogP contribution is -3.00. The lowest BCUT2D eigenvalue weighted by Gasteiger charge is -2.07. The quantitative estimate of drug-likeness (QED) is 0.142. The van der Waals surface area contributed by atoms with E-state index in [2.05, 4.69) is 0 Å². The number of ether oxygens (including phenoxy) is 2. The SMILES string of the molecule is CC(=O)c1ccc(OCCCCCCCCOC(=O)c2ccc[n+](C)c2)cc1.[I-]. The van der Waals surface area contributed by atoms with Gasteiger partial charge in [0.25, 0.3) is 0 Å². The molecule has 0 aliphatic heterocycles. The molecule has 0 spiro atoms. The van der Waals surface area contributed by atoms with Gasteiger partial charge < -0.3 is 33.5 Å². The average molecular weight is 511 g/mol. The molecule has 5 nitrogen and oxygen atoms in total. The maximum atomic E-state index is 11.9. The van der Waals surface area contributed by atoms with Crippen LogP contribution in [0.15, 0.2) is 48.8 Å². The predicted octanol–water partition coefficient (Wildman–Crippen LogP) is 1.29. The fraction of sp³-hybridized carbons (Fsp3) is 0.435. The van der Waals surface area contributed by atoms with Gasteiger partial charge in [0.15, 0.2) is 18.2 Å². The smallest absolute Gasteiger partial charge is 0.344 e. The molecule has 1 aromatic heterocycles. The Morgan fingerprint density at radius 2 is 1.48 bits per heavy atom. The van der Waals surface area contributed by atoms with E-state index in [9.17, 15) is 9.59 Å². The van der Waals surface area contributed by atoms with Crippen LogP contribution in [0.25, 0.3) is 0 Å². The van der Waals surface area contributed by atoms with Crippen molar-refractivity contribution in [3.8, 4) is 5.75 Å². The molecule has 0 amide bonds. The zero-order valence-electron chi connectivity index (χ0n) is 17.2. The van der Waals surface area contributed by atoms with E-state index in [-0.39, 0.29) is 35.7 Å². The third kappa shape index (κ3) is 9.87. The van der Waals surface area contributed by atoms with Gasteiger partial charge >= 0.3 is 5.97 Å². The van der Waals surface area contributed by atoms with Gasteiger partial charge in [-0.15, -0.1) is 0 Å². The highest BCUT2D eigenvalue weighted by atomic mass is 127. The molecular formula is C23H30INO4. The van der Waals surface area contributed by atoms with Crippen molar-refractivity contribution in [1.82, 2.24) is 0 Å². The summed E-state index contributed by atoms with van der Waals surface area (Å²) in [7, 11) is 1.88. The first-order chi connectivity index (χ1) is 13.6. The lowest BCUT2D eigenvalue weighted by atomic mass is 10.1. The zero-order chi connectivity index (χ0) is 20.2. The van der Waals surface area contributed by atoms with Crippen LogP contribution in [0.2, 0.25) is 0 Å². The molecule has 0 aliphatic carbocycles. The average Bonchev–Trinajstić information content (AvgIpc) is 2.69. The normalized spacial score (nSPS) is 10.1. The Hall–Kier alpha value is -1.96. The Morgan fingerprint density at radius 3 is 2.10 bits per heavy atom. The Kier molecular flexibility index (Phi) is 12.2. The van der Waals surface area contributed by atoms with Crippen molar-refractivity contribution < 1.29 is 47.6 Å². The van der Waals surface area contributed by atoms with E-state index in [1.807, 2.05) is 36.0 Å². The van der Waals surface area contributed by atoms with Gasteiger partial charge in [-0.3, -0.25) is 4.79 Å². The zero-order valence-corrected chi connectivity index (χ0v) is 19.4. The molecule has 0 radical (unpaired) electrons. The number of hydrogen-bond acceptors (Lipinski definition) is 4. The maximum absolute atomic E-state index is 11.9. The number of unbranched alkanes of at least 4 members (excludes halogenated alkanes) is 5. The van der Waals surface area contributed by atoms with Gasteiger partial charge in [-0.25, -0.2) is 9.36 Å². The molecule has 6 heteroatoms. The van der Waals surface area contributed by atoms with E-state index in [0.29, 0.717) is 24.3 Å². The second-order valence-corrected chi connectivity index (χ2v) is 6.94. The van der Waals surface area contributed by atoms with Crippen LogP contribution in [0.5, 0.6) is 5.75 Å². The van der Waals surface area contributed by atoms with Crippen molar-refractivity contribution in [2.45, 2.75) is 45.4 Å². The second kappa shape index (κ2) is 14.1. The number of aromatic nitrogens is 1. The van der Waals surface area contributed by atoms with Gasteiger partial charge in [-0.05, 0) is 50.1 Å². The minimum atomic E-state index is -0.260. The number of nitrogens with zero attached hydrogens (tertiary/aromatic N) is 1. The Bertz CT molecular complexity index is 762. The Morgan fingerprint density at radius 1 is 0.862 bits per heavy atom. The minimum absolute atomic E-state index is 0. The molecule has 1 aromatic carbocycles. The molecule has 2 aromatic rings. The molecule has 0 bridgehead atoms. The van der Waals surface area contributed by atoms with E-state index in [1.54, 1.807) is 31.3 Å². The first-order valence-electron chi connectivity index (χ1n) is 9.92. The van der Waals surface area contributed by atoms with Crippen molar-refractivity contribution in [2.24, 2.45) is 7.05 Å². The third-order valence-electron chi connectivity index (χ3n) is 4.48. The van der Waals surface area contributed by atoms with Crippen LogP contribution in [-0.4, -0.2) is 25.0 Å². The highest BCUT2D eigenvalue weighted by Gasteiger charge is 2.09. The summed E-state index contributed by atoms with van der Waals surface area (Å²) in [6.07, 6.45) is 10.0. The maximum Gasteiger partial charge on any atom is 0.344 e. The summed E-state index contributed by atoms with van der Waals surface area (Å²) in [4.78, 5) is 23.1. The van der Waals surface area contributed by atoms with E-state index in [0.717, 1.165) is 44.3 Å². The van der Waals surface area contributed by atoms with E-state index >= 15 is 0 Å². The number of carbonyl (C=O) groups is 2. The summed E-state index contributed by atoms with van der Waals surface area (Å²) in [5.41, 5.74) is 1.29. The lowest BCUT2D eigenvalue weighted by molar-refractivity contribution is -0.671. The first kappa shape index (κ1) is 25.1.